The Bertz CT molecular complexity index is 729. The molecule has 24 heavy (non-hydrogen) atoms. The number of anilines is 2. The summed E-state index contributed by atoms with van der Waals surface area (Å²) in [6.07, 6.45) is 3.15. The second-order valence-corrected chi connectivity index (χ2v) is 6.14. The zero-order valence-electron chi connectivity index (χ0n) is 14.1. The number of hydrogen-bond donors (Lipinski definition) is 2. The maximum absolute atomic E-state index is 11.0. The Labute approximate surface area is 142 Å². The van der Waals surface area contributed by atoms with Gasteiger partial charge in [0.2, 0.25) is 11.8 Å². The van der Waals surface area contributed by atoms with E-state index in [2.05, 4.69) is 48.7 Å². The zero-order valence-corrected chi connectivity index (χ0v) is 14.1. The average Bonchev–Trinajstić information content (AvgIpc) is 3.13. The van der Waals surface area contributed by atoms with Gasteiger partial charge in [-0.25, -0.2) is 0 Å². The molecule has 4 nitrogen and oxygen atoms in total. The van der Waals surface area contributed by atoms with E-state index in [4.69, 9.17) is 0 Å². The van der Waals surface area contributed by atoms with Crippen molar-refractivity contribution in [3.05, 3.63) is 58.7 Å². The van der Waals surface area contributed by atoms with Crippen LogP contribution in [0.25, 0.3) is 0 Å². The Kier molecular flexibility index (Phi) is 4.65. The first kappa shape index (κ1) is 16.2. The standard InChI is InChI=1S/2C10H11NO/c2*1-2-7-3-4-9-8(5-7)6-10(12)11-9/h2*3-5H,2,6H2,1H3,(H,11,12). The Morgan fingerprint density at radius 3 is 1.54 bits per heavy atom. The molecule has 2 heterocycles. The summed E-state index contributed by atoms with van der Waals surface area (Å²) < 4.78 is 0. The molecular formula is C20H22N2O2. The molecule has 0 spiro atoms. The largest absolute Gasteiger partial charge is 0.326 e. The van der Waals surface area contributed by atoms with Gasteiger partial charge in [0.15, 0.2) is 0 Å². The number of amides is 2. The first-order valence-corrected chi connectivity index (χ1v) is 8.42. The molecule has 0 radical (unpaired) electrons. The van der Waals surface area contributed by atoms with Gasteiger partial charge < -0.3 is 10.6 Å². The van der Waals surface area contributed by atoms with Gasteiger partial charge in [0.25, 0.3) is 0 Å². The lowest BCUT2D eigenvalue weighted by Crippen LogP contribution is -2.03. The fourth-order valence-corrected chi connectivity index (χ4v) is 3.01. The third kappa shape index (κ3) is 3.48. The molecule has 4 rings (SSSR count). The van der Waals surface area contributed by atoms with E-state index in [9.17, 15) is 9.59 Å². The molecule has 0 aromatic heterocycles. The van der Waals surface area contributed by atoms with Crippen LogP contribution in [0.3, 0.4) is 0 Å². The number of aryl methyl sites for hydroxylation is 2. The molecule has 0 fully saturated rings. The second kappa shape index (κ2) is 6.87. The average molecular weight is 322 g/mol. The Balaban J connectivity index is 0.000000141. The van der Waals surface area contributed by atoms with Gasteiger partial charge >= 0.3 is 0 Å². The minimum absolute atomic E-state index is 0.109. The number of carbonyl (C=O) groups excluding carboxylic acids is 2. The highest BCUT2D eigenvalue weighted by atomic mass is 16.2. The van der Waals surface area contributed by atoms with Crippen molar-refractivity contribution in [2.24, 2.45) is 0 Å². The molecule has 0 bridgehead atoms. The summed E-state index contributed by atoms with van der Waals surface area (Å²) in [5.74, 6) is 0.219. The van der Waals surface area contributed by atoms with E-state index in [1.54, 1.807) is 0 Å². The van der Waals surface area contributed by atoms with Crippen LogP contribution in [0, 0.1) is 0 Å². The first-order chi connectivity index (χ1) is 11.6. The first-order valence-electron chi connectivity index (χ1n) is 8.42. The van der Waals surface area contributed by atoms with Gasteiger partial charge in [0.05, 0.1) is 12.8 Å². The fraction of sp³-hybridized carbons (Fsp3) is 0.300. The number of carbonyl (C=O) groups is 2. The number of hydrogen-bond acceptors (Lipinski definition) is 2. The molecular weight excluding hydrogens is 300 g/mol. The fourth-order valence-electron chi connectivity index (χ4n) is 3.01. The van der Waals surface area contributed by atoms with Crippen molar-refractivity contribution in [3.8, 4) is 0 Å². The van der Waals surface area contributed by atoms with Crippen LogP contribution in [0.15, 0.2) is 36.4 Å². The van der Waals surface area contributed by atoms with E-state index < -0.39 is 0 Å². The summed E-state index contributed by atoms with van der Waals surface area (Å²) in [5, 5.41) is 5.62. The van der Waals surface area contributed by atoms with Crippen LogP contribution in [0.4, 0.5) is 11.4 Å². The normalized spacial score (nSPS) is 14.2. The lowest BCUT2D eigenvalue weighted by Gasteiger charge is -2.00. The van der Waals surface area contributed by atoms with Crippen LogP contribution < -0.4 is 10.6 Å². The smallest absolute Gasteiger partial charge is 0.228 e. The van der Waals surface area contributed by atoms with E-state index in [1.807, 2.05) is 12.1 Å². The van der Waals surface area contributed by atoms with Crippen molar-refractivity contribution in [3.63, 3.8) is 0 Å². The highest BCUT2D eigenvalue weighted by Crippen LogP contribution is 2.24. The molecule has 0 unspecified atom stereocenters. The van der Waals surface area contributed by atoms with Crippen LogP contribution in [-0.4, -0.2) is 11.8 Å². The van der Waals surface area contributed by atoms with Crippen molar-refractivity contribution in [2.45, 2.75) is 39.5 Å². The maximum atomic E-state index is 11.0. The summed E-state index contributed by atoms with van der Waals surface area (Å²) >= 11 is 0. The summed E-state index contributed by atoms with van der Waals surface area (Å²) in [6, 6.07) is 12.3. The van der Waals surface area contributed by atoms with Crippen LogP contribution in [0.2, 0.25) is 0 Å². The van der Waals surface area contributed by atoms with Crippen LogP contribution in [-0.2, 0) is 35.3 Å². The van der Waals surface area contributed by atoms with Crippen LogP contribution in [0.1, 0.15) is 36.1 Å². The van der Waals surface area contributed by atoms with Crippen molar-refractivity contribution >= 4 is 23.2 Å². The minimum Gasteiger partial charge on any atom is -0.326 e. The van der Waals surface area contributed by atoms with Gasteiger partial charge in [-0.2, -0.15) is 0 Å². The SMILES string of the molecule is CCc1ccc2c(c1)CC(=O)N2.CCc1ccc2c(c1)CC(=O)N2. The molecule has 0 saturated heterocycles. The topological polar surface area (TPSA) is 58.2 Å². The van der Waals surface area contributed by atoms with Gasteiger partial charge in [-0.3, -0.25) is 9.59 Å². The number of benzene rings is 2. The Morgan fingerprint density at radius 2 is 1.17 bits per heavy atom. The summed E-state index contributed by atoms with van der Waals surface area (Å²) in [6.45, 7) is 4.23. The van der Waals surface area contributed by atoms with Crippen LogP contribution in [0.5, 0.6) is 0 Å². The number of fused-ring (bicyclic) bond motifs is 2. The molecule has 2 N–H and O–H groups in total. The molecule has 124 valence electrons. The predicted octanol–water partition coefficient (Wildman–Crippen LogP) is 3.49. The molecule has 2 aromatic carbocycles. The highest BCUT2D eigenvalue weighted by molar-refractivity contribution is 5.99. The number of rotatable bonds is 2. The summed E-state index contributed by atoms with van der Waals surface area (Å²) in [7, 11) is 0. The predicted molar refractivity (Wildman–Crippen MR) is 96.3 cm³/mol. The lowest BCUT2D eigenvalue weighted by atomic mass is 10.1. The van der Waals surface area contributed by atoms with Crippen molar-refractivity contribution in [2.75, 3.05) is 10.6 Å². The Hall–Kier alpha value is -2.62. The van der Waals surface area contributed by atoms with E-state index in [0.29, 0.717) is 12.8 Å². The Morgan fingerprint density at radius 1 is 0.750 bits per heavy atom. The molecule has 0 aliphatic carbocycles. The summed E-state index contributed by atoms with van der Waals surface area (Å²) in [4.78, 5) is 22.0. The van der Waals surface area contributed by atoms with Gasteiger partial charge in [-0.1, -0.05) is 38.1 Å². The maximum Gasteiger partial charge on any atom is 0.228 e. The van der Waals surface area contributed by atoms with Gasteiger partial charge in [-0.15, -0.1) is 0 Å². The summed E-state index contributed by atoms with van der Waals surface area (Å²) in [5.41, 5.74) is 6.84. The van der Waals surface area contributed by atoms with E-state index >= 15 is 0 Å². The number of nitrogens with one attached hydrogen (secondary N) is 2. The lowest BCUT2D eigenvalue weighted by molar-refractivity contribution is -0.115. The van der Waals surface area contributed by atoms with E-state index in [0.717, 1.165) is 35.3 Å². The van der Waals surface area contributed by atoms with Gasteiger partial charge in [0, 0.05) is 11.4 Å². The molecule has 2 aliphatic heterocycles. The van der Waals surface area contributed by atoms with E-state index in [-0.39, 0.29) is 11.8 Å². The molecule has 2 amide bonds. The zero-order chi connectivity index (χ0) is 17.1. The molecule has 0 atom stereocenters. The third-order valence-electron chi connectivity index (χ3n) is 4.41. The quantitative estimate of drug-likeness (QED) is 0.889. The highest BCUT2D eigenvalue weighted by Gasteiger charge is 2.17. The molecule has 4 heteroatoms. The second-order valence-electron chi connectivity index (χ2n) is 6.14. The minimum atomic E-state index is 0.109. The third-order valence-corrected chi connectivity index (χ3v) is 4.41. The molecule has 2 aromatic rings. The van der Waals surface area contributed by atoms with Crippen LogP contribution >= 0.6 is 0 Å². The van der Waals surface area contributed by atoms with Gasteiger partial charge in [0.1, 0.15) is 0 Å². The monoisotopic (exact) mass is 322 g/mol. The van der Waals surface area contributed by atoms with E-state index in [1.165, 1.54) is 11.1 Å². The van der Waals surface area contributed by atoms with Gasteiger partial charge in [-0.05, 0) is 47.2 Å². The molecule has 2 aliphatic rings. The van der Waals surface area contributed by atoms with Crippen molar-refractivity contribution in [1.29, 1.82) is 0 Å². The molecule has 0 saturated carbocycles. The van der Waals surface area contributed by atoms with Crippen molar-refractivity contribution in [1.82, 2.24) is 0 Å². The van der Waals surface area contributed by atoms with Crippen molar-refractivity contribution < 1.29 is 9.59 Å².